The van der Waals surface area contributed by atoms with Crippen molar-refractivity contribution in [2.75, 3.05) is 7.05 Å². The topological polar surface area (TPSA) is 57.6 Å². The Labute approximate surface area is 127 Å². The zero-order chi connectivity index (χ0) is 15.6. The summed E-state index contributed by atoms with van der Waals surface area (Å²) in [4.78, 5) is 0.315. The van der Waals surface area contributed by atoms with Crippen molar-refractivity contribution in [3.63, 3.8) is 0 Å². The van der Waals surface area contributed by atoms with Gasteiger partial charge in [0.2, 0.25) is 10.0 Å². The monoisotopic (exact) mass is 311 g/mol. The van der Waals surface area contributed by atoms with Crippen molar-refractivity contribution in [1.29, 1.82) is 0 Å². The largest absolute Gasteiger partial charge is 0.392 e. The summed E-state index contributed by atoms with van der Waals surface area (Å²) in [6.45, 7) is 3.87. The summed E-state index contributed by atoms with van der Waals surface area (Å²) < 4.78 is 27.2. The number of aryl methyl sites for hydroxylation is 1. The van der Waals surface area contributed by atoms with Gasteiger partial charge in [-0.25, -0.2) is 8.42 Å². The normalized spacial score (nSPS) is 23.5. The highest BCUT2D eigenvalue weighted by molar-refractivity contribution is 7.89. The van der Waals surface area contributed by atoms with E-state index in [0.29, 0.717) is 16.4 Å². The van der Waals surface area contributed by atoms with Crippen LogP contribution in [0.25, 0.3) is 0 Å². The molecule has 118 valence electrons. The Morgan fingerprint density at radius 1 is 1.24 bits per heavy atom. The maximum absolute atomic E-state index is 12.8. The maximum Gasteiger partial charge on any atom is 0.243 e. The molecule has 2 rings (SSSR count). The molecule has 1 aliphatic rings. The molecular weight excluding hydrogens is 286 g/mol. The molecule has 1 N–H and O–H groups in total. The molecule has 0 saturated heterocycles. The van der Waals surface area contributed by atoms with Crippen LogP contribution in [0.3, 0.4) is 0 Å². The average molecular weight is 311 g/mol. The Balaban J connectivity index is 2.29. The predicted molar refractivity (Wildman–Crippen MR) is 83.5 cm³/mol. The number of rotatable bonds is 4. The van der Waals surface area contributed by atoms with E-state index in [9.17, 15) is 13.5 Å². The molecule has 1 aromatic rings. The van der Waals surface area contributed by atoms with E-state index in [0.717, 1.165) is 31.2 Å². The Bertz CT molecular complexity index is 590. The summed E-state index contributed by atoms with van der Waals surface area (Å²) in [6.07, 6.45) is 4.02. The third-order valence-corrected chi connectivity index (χ3v) is 6.64. The second-order valence-electron chi connectivity index (χ2n) is 6.19. The first kappa shape index (κ1) is 16.5. The van der Waals surface area contributed by atoms with Gasteiger partial charge in [-0.2, -0.15) is 4.31 Å². The molecule has 5 heteroatoms. The number of nitrogens with zero attached hydrogens (tertiary/aromatic N) is 1. The Kier molecular flexibility index (Phi) is 5.07. The number of sulfonamides is 1. The molecule has 0 radical (unpaired) electrons. The van der Waals surface area contributed by atoms with Gasteiger partial charge in [0.05, 0.1) is 11.5 Å². The molecule has 0 aromatic heterocycles. The van der Waals surface area contributed by atoms with E-state index in [-0.39, 0.29) is 12.6 Å². The quantitative estimate of drug-likeness (QED) is 0.930. The van der Waals surface area contributed by atoms with Gasteiger partial charge in [-0.05, 0) is 55.7 Å². The van der Waals surface area contributed by atoms with Crippen molar-refractivity contribution in [2.45, 2.75) is 57.1 Å². The Morgan fingerprint density at radius 2 is 1.86 bits per heavy atom. The zero-order valence-electron chi connectivity index (χ0n) is 13.0. The van der Waals surface area contributed by atoms with E-state index >= 15 is 0 Å². The molecule has 0 amide bonds. The molecule has 1 fully saturated rings. The number of hydrogen-bond donors (Lipinski definition) is 1. The van der Waals surface area contributed by atoms with Gasteiger partial charge in [0.1, 0.15) is 0 Å². The standard InChI is InChI=1S/C16H25NO3S/c1-12-4-8-15(9-5-12)17(3)21(19,20)16-10-14(11-18)7-6-13(16)2/h6-7,10,12,15,18H,4-5,8-9,11H2,1-3H3. The van der Waals surface area contributed by atoms with Crippen molar-refractivity contribution in [2.24, 2.45) is 5.92 Å². The van der Waals surface area contributed by atoms with Gasteiger partial charge in [-0.1, -0.05) is 19.1 Å². The van der Waals surface area contributed by atoms with Gasteiger partial charge in [-0.15, -0.1) is 0 Å². The molecule has 4 nitrogen and oxygen atoms in total. The van der Waals surface area contributed by atoms with Crippen LogP contribution < -0.4 is 0 Å². The van der Waals surface area contributed by atoms with Gasteiger partial charge >= 0.3 is 0 Å². The van der Waals surface area contributed by atoms with Gasteiger partial charge in [0.25, 0.3) is 0 Å². The summed E-state index contributed by atoms with van der Waals surface area (Å²) >= 11 is 0. The molecule has 0 aliphatic heterocycles. The number of aliphatic hydroxyl groups is 1. The molecule has 0 heterocycles. The fraction of sp³-hybridized carbons (Fsp3) is 0.625. The van der Waals surface area contributed by atoms with Crippen LogP contribution in [0.5, 0.6) is 0 Å². The molecule has 1 aliphatic carbocycles. The summed E-state index contributed by atoms with van der Waals surface area (Å²) in [7, 11) is -1.82. The van der Waals surface area contributed by atoms with E-state index in [1.807, 2.05) is 0 Å². The minimum absolute atomic E-state index is 0.0865. The van der Waals surface area contributed by atoms with E-state index < -0.39 is 10.0 Å². The fourth-order valence-corrected chi connectivity index (χ4v) is 4.67. The summed E-state index contributed by atoms with van der Waals surface area (Å²) in [5, 5.41) is 9.23. The molecule has 0 unspecified atom stereocenters. The summed E-state index contributed by atoms with van der Waals surface area (Å²) in [5.74, 6) is 0.691. The number of benzene rings is 1. The smallest absolute Gasteiger partial charge is 0.243 e. The minimum Gasteiger partial charge on any atom is -0.392 e. The van der Waals surface area contributed by atoms with Gasteiger partial charge in [0, 0.05) is 13.1 Å². The van der Waals surface area contributed by atoms with Crippen LogP contribution in [0.15, 0.2) is 23.1 Å². The second kappa shape index (κ2) is 6.46. The highest BCUT2D eigenvalue weighted by atomic mass is 32.2. The van der Waals surface area contributed by atoms with Crippen molar-refractivity contribution >= 4 is 10.0 Å². The molecule has 21 heavy (non-hydrogen) atoms. The lowest BCUT2D eigenvalue weighted by atomic mass is 9.87. The van der Waals surface area contributed by atoms with Crippen LogP contribution in [-0.4, -0.2) is 30.9 Å². The Hall–Kier alpha value is -0.910. The summed E-state index contributed by atoms with van der Waals surface area (Å²) in [5.41, 5.74) is 1.35. The molecule has 0 atom stereocenters. The van der Waals surface area contributed by atoms with Crippen LogP contribution in [0.1, 0.15) is 43.7 Å². The SMILES string of the molecule is Cc1ccc(CO)cc1S(=O)(=O)N(C)C1CCC(C)CC1. The van der Waals surface area contributed by atoms with Crippen LogP contribution >= 0.6 is 0 Å². The zero-order valence-corrected chi connectivity index (χ0v) is 13.9. The number of aliphatic hydroxyl groups excluding tert-OH is 1. The fourth-order valence-electron chi connectivity index (χ4n) is 2.98. The highest BCUT2D eigenvalue weighted by Crippen LogP contribution is 2.30. The average Bonchev–Trinajstić information content (AvgIpc) is 2.47. The van der Waals surface area contributed by atoms with E-state index in [2.05, 4.69) is 6.92 Å². The third-order valence-electron chi connectivity index (χ3n) is 4.59. The van der Waals surface area contributed by atoms with Crippen molar-refractivity contribution in [3.05, 3.63) is 29.3 Å². The second-order valence-corrected chi connectivity index (χ2v) is 8.16. The first-order valence-electron chi connectivity index (χ1n) is 7.54. The van der Waals surface area contributed by atoms with Crippen LogP contribution in [0, 0.1) is 12.8 Å². The molecule has 1 aromatic carbocycles. The molecule has 0 bridgehead atoms. The molecular formula is C16H25NO3S. The lowest BCUT2D eigenvalue weighted by Crippen LogP contribution is -2.39. The summed E-state index contributed by atoms with van der Waals surface area (Å²) in [6, 6.07) is 5.20. The van der Waals surface area contributed by atoms with Gasteiger partial charge < -0.3 is 5.11 Å². The van der Waals surface area contributed by atoms with Crippen LogP contribution in [-0.2, 0) is 16.6 Å². The third kappa shape index (κ3) is 3.47. The lowest BCUT2D eigenvalue weighted by molar-refractivity contribution is 0.246. The Morgan fingerprint density at radius 3 is 2.43 bits per heavy atom. The first-order valence-corrected chi connectivity index (χ1v) is 8.98. The minimum atomic E-state index is -3.50. The van der Waals surface area contributed by atoms with Crippen molar-refractivity contribution in [3.8, 4) is 0 Å². The lowest BCUT2D eigenvalue weighted by Gasteiger charge is -2.33. The number of hydrogen-bond acceptors (Lipinski definition) is 3. The van der Waals surface area contributed by atoms with Gasteiger partial charge in [-0.3, -0.25) is 0 Å². The van der Waals surface area contributed by atoms with Crippen molar-refractivity contribution < 1.29 is 13.5 Å². The van der Waals surface area contributed by atoms with Gasteiger partial charge in [0.15, 0.2) is 0 Å². The molecule has 0 spiro atoms. The van der Waals surface area contributed by atoms with Crippen LogP contribution in [0.4, 0.5) is 0 Å². The first-order chi connectivity index (χ1) is 9.86. The van der Waals surface area contributed by atoms with Crippen molar-refractivity contribution in [1.82, 2.24) is 4.31 Å². The van der Waals surface area contributed by atoms with E-state index in [4.69, 9.17) is 0 Å². The highest BCUT2D eigenvalue weighted by Gasteiger charge is 2.31. The maximum atomic E-state index is 12.8. The van der Waals surface area contributed by atoms with E-state index in [1.54, 1.807) is 32.2 Å². The molecule has 1 saturated carbocycles. The predicted octanol–water partition coefficient (Wildman–Crippen LogP) is 2.69. The van der Waals surface area contributed by atoms with Crippen LogP contribution in [0.2, 0.25) is 0 Å². The van der Waals surface area contributed by atoms with E-state index in [1.165, 1.54) is 4.31 Å².